The second kappa shape index (κ2) is 24.0. The summed E-state index contributed by atoms with van der Waals surface area (Å²) >= 11 is 6.82. The Labute approximate surface area is 422 Å². The molecular formula is C49H66ClN7O11S2. The van der Waals surface area contributed by atoms with Crippen LogP contribution in [0.5, 0.6) is 5.75 Å². The third kappa shape index (κ3) is 13.3. The van der Waals surface area contributed by atoms with E-state index in [1.807, 2.05) is 19.2 Å². The highest BCUT2D eigenvalue weighted by Gasteiger charge is 2.64. The number of ether oxygens (including phenoxy) is 5. The molecule has 4 bridgehead atoms. The average molecular weight is 1030 g/mol. The fourth-order valence-electron chi connectivity index (χ4n) is 8.78. The number of carbonyl (C=O) groups excluding carboxylic acids is 5. The number of epoxide rings is 1. The number of likely N-dealkylation sites (N-methyl/N-ethyl adjacent to an activating group) is 1. The molecule has 0 saturated carbocycles. The fourth-order valence-corrected chi connectivity index (χ4v) is 11.2. The zero-order valence-corrected chi connectivity index (χ0v) is 43.6. The number of hydrogen-bond acceptors (Lipinski definition) is 15. The summed E-state index contributed by atoms with van der Waals surface area (Å²) in [5.41, 5.74) is 0.381. The van der Waals surface area contributed by atoms with Crippen molar-refractivity contribution >= 4 is 68.7 Å². The molecule has 0 spiro atoms. The first-order valence-electron chi connectivity index (χ1n) is 23.4. The van der Waals surface area contributed by atoms with Gasteiger partial charge in [-0.05, 0) is 63.8 Å². The van der Waals surface area contributed by atoms with Crippen molar-refractivity contribution < 1.29 is 52.8 Å². The molecule has 2 aromatic rings. The molecule has 2 saturated heterocycles. The van der Waals surface area contributed by atoms with Gasteiger partial charge in [0.1, 0.15) is 46.4 Å². The third-order valence-corrected chi connectivity index (χ3v) is 16.2. The number of rotatable bonds is 18. The molecule has 1 aromatic heterocycles. The number of benzene rings is 1. The van der Waals surface area contributed by atoms with Gasteiger partial charge >= 0.3 is 12.1 Å². The predicted octanol–water partition coefficient (Wildman–Crippen LogP) is 6.55. The number of aromatic nitrogens is 3. The summed E-state index contributed by atoms with van der Waals surface area (Å²) in [6.45, 7) is 12.0. The Hall–Kier alpha value is -4.86. The minimum absolute atomic E-state index is 0.0624. The van der Waals surface area contributed by atoms with E-state index in [4.69, 9.17) is 35.3 Å². The lowest BCUT2D eigenvalue weighted by Gasteiger charge is -2.42. The molecule has 382 valence electrons. The second-order valence-electron chi connectivity index (χ2n) is 18.4. The summed E-state index contributed by atoms with van der Waals surface area (Å²) in [6, 6.07) is 2.59. The first kappa shape index (κ1) is 54.5. The van der Waals surface area contributed by atoms with Crippen LogP contribution in [0.2, 0.25) is 5.02 Å². The SMILES string of the molecule is C=C1C=CC(=O)N1Cc1cn(CCCCCCSSCCC(=O)N(C)[C@@H](C)C(=O)O[C@H]2CC(=O)N(C)c3cc(cc(OC)c3Cl)C/C(C)=C/C=C/[C@@H](OC)[C@@]3(O)C[C@H](OC(=O)N3)[C@@H](C)[C@@H]3O[C@@]23C)nn1. The van der Waals surface area contributed by atoms with Crippen LogP contribution in [-0.4, -0.2) is 141 Å². The van der Waals surface area contributed by atoms with E-state index < -0.39 is 65.7 Å². The molecule has 70 heavy (non-hydrogen) atoms. The van der Waals surface area contributed by atoms with Crippen molar-refractivity contribution in [2.75, 3.05) is 44.7 Å². The van der Waals surface area contributed by atoms with Gasteiger partial charge in [0.2, 0.25) is 11.8 Å². The molecule has 4 aliphatic heterocycles. The van der Waals surface area contributed by atoms with Gasteiger partial charge in [0, 0.05) is 69.8 Å². The molecule has 2 N–H and O–H groups in total. The first-order chi connectivity index (χ1) is 33.3. The molecule has 5 heterocycles. The molecule has 4 aliphatic rings. The summed E-state index contributed by atoms with van der Waals surface area (Å²) in [6.07, 6.45) is 10.1. The van der Waals surface area contributed by atoms with Gasteiger partial charge in [0.05, 0.1) is 38.1 Å². The van der Waals surface area contributed by atoms with Gasteiger partial charge in [0.15, 0.2) is 5.72 Å². The van der Waals surface area contributed by atoms with Crippen LogP contribution in [0.3, 0.4) is 0 Å². The number of aliphatic hydroxyl groups is 1. The maximum absolute atomic E-state index is 14.3. The Morgan fingerprint density at radius 3 is 2.59 bits per heavy atom. The van der Waals surface area contributed by atoms with Gasteiger partial charge in [-0.25, -0.2) is 9.59 Å². The number of nitrogens with zero attached hydrogens (tertiary/aromatic N) is 6. The minimum atomic E-state index is -1.84. The van der Waals surface area contributed by atoms with Gasteiger partial charge in [-0.3, -0.25) is 24.4 Å². The van der Waals surface area contributed by atoms with E-state index in [1.54, 1.807) is 96.4 Å². The lowest BCUT2D eigenvalue weighted by Crippen LogP contribution is -2.63. The molecular weight excluding hydrogens is 962 g/mol. The smallest absolute Gasteiger partial charge is 0.409 e. The molecule has 21 heteroatoms. The predicted molar refractivity (Wildman–Crippen MR) is 268 cm³/mol. The molecule has 0 radical (unpaired) electrons. The van der Waals surface area contributed by atoms with Crippen molar-refractivity contribution in [3.8, 4) is 5.75 Å². The normalized spacial score (nSPS) is 27.5. The maximum atomic E-state index is 14.3. The van der Waals surface area contributed by atoms with Crippen LogP contribution in [0.15, 0.2) is 66.6 Å². The van der Waals surface area contributed by atoms with E-state index in [-0.39, 0.29) is 36.1 Å². The quantitative estimate of drug-likeness (QED) is 0.0703. The van der Waals surface area contributed by atoms with Gasteiger partial charge < -0.3 is 43.5 Å². The molecule has 4 amide bonds. The largest absolute Gasteiger partial charge is 0.495 e. The number of allylic oxidation sites excluding steroid dienone is 4. The van der Waals surface area contributed by atoms with Crippen LogP contribution >= 0.6 is 33.2 Å². The number of hydrogen-bond donors (Lipinski definition) is 2. The number of fused-ring (bicyclic) bond motifs is 5. The molecule has 0 aliphatic carbocycles. The number of carbonyl (C=O) groups is 5. The van der Waals surface area contributed by atoms with Crippen molar-refractivity contribution in [3.63, 3.8) is 0 Å². The summed E-state index contributed by atoms with van der Waals surface area (Å²) < 4.78 is 31.3. The highest BCUT2D eigenvalue weighted by Crippen LogP contribution is 2.49. The van der Waals surface area contributed by atoms with E-state index in [1.165, 1.54) is 30.1 Å². The van der Waals surface area contributed by atoms with Crippen LogP contribution in [0, 0.1) is 5.92 Å². The van der Waals surface area contributed by atoms with Gasteiger partial charge in [-0.1, -0.05) is 88.5 Å². The average Bonchev–Trinajstić information content (AvgIpc) is 3.64. The van der Waals surface area contributed by atoms with E-state index in [2.05, 4.69) is 22.2 Å². The van der Waals surface area contributed by atoms with Crippen LogP contribution in [0.25, 0.3) is 0 Å². The molecule has 6 rings (SSSR count). The van der Waals surface area contributed by atoms with Crippen molar-refractivity contribution in [2.45, 2.75) is 134 Å². The Bertz CT molecular complexity index is 2350. The van der Waals surface area contributed by atoms with Crippen molar-refractivity contribution in [1.82, 2.24) is 30.1 Å². The minimum Gasteiger partial charge on any atom is -0.495 e. The molecule has 0 unspecified atom stereocenters. The zero-order chi connectivity index (χ0) is 50.9. The summed E-state index contributed by atoms with van der Waals surface area (Å²) in [5.74, 6) is -0.217. The molecule has 1 aromatic carbocycles. The van der Waals surface area contributed by atoms with Crippen molar-refractivity contribution in [1.29, 1.82) is 0 Å². The second-order valence-corrected chi connectivity index (χ2v) is 21.5. The highest BCUT2D eigenvalue weighted by molar-refractivity contribution is 8.76. The third-order valence-electron chi connectivity index (χ3n) is 13.3. The lowest BCUT2D eigenvalue weighted by molar-refractivity contribution is -0.162. The van der Waals surface area contributed by atoms with Crippen LogP contribution in [-0.2, 0) is 57.6 Å². The van der Waals surface area contributed by atoms with Gasteiger partial charge in [0.25, 0.3) is 5.91 Å². The standard InChI is InChI=1S/C49H66ClN7O11S2/c1-30-15-14-16-39(65-9)49(63)27-38(66-47(62)51-49)32(3)45-48(5,68-45)40(26-43(60)55(7)36-24-34(23-30)25-37(64-8)44(36)50)67-46(61)33(4)54(6)41(58)19-22-70-69-21-13-11-10-12-20-56-28-35(52-53-56)29-57-31(2)17-18-42(57)59/h14-18,24-25,28,32-33,38-40,45,63H,2,10-13,19-23,26-27,29H2,1,3-9H3,(H,51,62)/b16-14+,30-15+/t32-,33+,38+,39-,40+,45+,48+,49+/m1/s1. The highest BCUT2D eigenvalue weighted by atomic mass is 35.5. The first-order valence-corrected chi connectivity index (χ1v) is 26.3. The Kier molecular flexibility index (Phi) is 18.7. The van der Waals surface area contributed by atoms with Crippen LogP contribution < -0.4 is 15.0 Å². The summed E-state index contributed by atoms with van der Waals surface area (Å²) in [4.78, 5) is 71.0. The Balaban J connectivity index is 1.04. The molecule has 8 atom stereocenters. The van der Waals surface area contributed by atoms with E-state index in [0.717, 1.165) is 49.1 Å². The van der Waals surface area contributed by atoms with Crippen molar-refractivity contribution in [3.05, 3.63) is 82.8 Å². The monoisotopic (exact) mass is 1030 g/mol. The summed E-state index contributed by atoms with van der Waals surface area (Å²) in [7, 11) is 9.37. The number of halogens is 1. The number of esters is 1. The molecule has 2 fully saturated rings. The van der Waals surface area contributed by atoms with Crippen molar-refractivity contribution in [2.24, 2.45) is 5.92 Å². The van der Waals surface area contributed by atoms with Gasteiger partial charge in [-0.15, -0.1) is 5.10 Å². The number of alkyl carbamates (subject to hydrolysis) is 1. The number of methoxy groups -OCH3 is 2. The number of unbranched alkanes of at least 4 members (excludes halogenated alkanes) is 3. The fraction of sp³-hybridized carbons (Fsp3) is 0.571. The van der Waals surface area contributed by atoms with E-state index in [0.29, 0.717) is 41.5 Å². The Morgan fingerprint density at radius 2 is 1.87 bits per heavy atom. The molecule has 18 nitrogen and oxygen atoms in total. The maximum Gasteiger partial charge on any atom is 0.409 e. The topological polar surface area (TPSA) is 207 Å². The van der Waals surface area contributed by atoms with E-state index in [9.17, 15) is 29.1 Å². The van der Waals surface area contributed by atoms with Crippen LogP contribution in [0.1, 0.15) is 83.9 Å². The van der Waals surface area contributed by atoms with Crippen LogP contribution in [0.4, 0.5) is 10.5 Å². The van der Waals surface area contributed by atoms with E-state index >= 15 is 0 Å². The zero-order valence-electron chi connectivity index (χ0n) is 41.2. The summed E-state index contributed by atoms with van der Waals surface area (Å²) in [5, 5.41) is 23.0. The lowest BCUT2D eigenvalue weighted by atomic mass is 9.83. The number of anilines is 1. The number of aryl methyl sites for hydroxylation is 1. The van der Waals surface area contributed by atoms with Gasteiger partial charge in [-0.2, -0.15) is 0 Å². The number of amides is 4. The Morgan fingerprint density at radius 1 is 1.13 bits per heavy atom. The number of nitrogens with one attached hydrogen (secondary N) is 1.